The zero-order valence-electron chi connectivity index (χ0n) is 12.6. The van der Waals surface area contributed by atoms with E-state index in [1.54, 1.807) is 24.3 Å². The zero-order valence-corrected chi connectivity index (χ0v) is 13.3. The second kappa shape index (κ2) is 7.10. The molecular formula is C16H10ClN3O5. The number of rotatable bonds is 5. The number of hydrogen-bond donors (Lipinski definition) is 0. The first kappa shape index (κ1) is 16.6. The van der Waals surface area contributed by atoms with Gasteiger partial charge in [-0.3, -0.25) is 10.1 Å². The summed E-state index contributed by atoms with van der Waals surface area (Å²) in [5.41, 5.74) is 0.735. The SMILES string of the molecule is O=C(OCc1nc(-c2ccc([N+](=O)[O-])cc2)no1)c1ccccc1Cl. The van der Waals surface area contributed by atoms with Gasteiger partial charge in [0, 0.05) is 17.7 Å². The summed E-state index contributed by atoms with van der Waals surface area (Å²) in [5.74, 6) is -0.284. The molecule has 0 unspecified atom stereocenters. The van der Waals surface area contributed by atoms with Crippen molar-refractivity contribution in [1.82, 2.24) is 10.1 Å². The van der Waals surface area contributed by atoms with Crippen molar-refractivity contribution in [3.8, 4) is 11.4 Å². The molecule has 126 valence electrons. The van der Waals surface area contributed by atoms with Crippen LogP contribution in [0.25, 0.3) is 11.4 Å². The lowest BCUT2D eigenvalue weighted by Crippen LogP contribution is -2.06. The summed E-state index contributed by atoms with van der Waals surface area (Å²) < 4.78 is 10.1. The number of aromatic nitrogens is 2. The number of benzene rings is 2. The van der Waals surface area contributed by atoms with Crippen LogP contribution in [0.4, 0.5) is 5.69 Å². The average molecular weight is 360 g/mol. The molecule has 0 radical (unpaired) electrons. The van der Waals surface area contributed by atoms with Gasteiger partial charge in [-0.15, -0.1) is 0 Å². The number of carbonyl (C=O) groups is 1. The molecule has 1 aromatic heterocycles. The number of nitro benzene ring substituents is 1. The molecule has 0 aliphatic carbocycles. The topological polar surface area (TPSA) is 108 Å². The first-order valence-electron chi connectivity index (χ1n) is 7.03. The lowest BCUT2D eigenvalue weighted by Gasteiger charge is -2.03. The van der Waals surface area contributed by atoms with Crippen LogP contribution in [0.3, 0.4) is 0 Å². The molecule has 0 fully saturated rings. The Morgan fingerprint density at radius 2 is 1.92 bits per heavy atom. The van der Waals surface area contributed by atoms with Crippen molar-refractivity contribution >= 4 is 23.3 Å². The molecule has 3 rings (SSSR count). The highest BCUT2D eigenvalue weighted by Gasteiger charge is 2.15. The normalized spacial score (nSPS) is 10.4. The second-order valence-electron chi connectivity index (χ2n) is 4.87. The fourth-order valence-corrected chi connectivity index (χ4v) is 2.21. The lowest BCUT2D eigenvalue weighted by molar-refractivity contribution is -0.384. The van der Waals surface area contributed by atoms with Gasteiger partial charge >= 0.3 is 5.97 Å². The molecular weight excluding hydrogens is 350 g/mol. The highest BCUT2D eigenvalue weighted by Crippen LogP contribution is 2.20. The first-order valence-corrected chi connectivity index (χ1v) is 7.41. The van der Waals surface area contributed by atoms with Crippen molar-refractivity contribution in [2.45, 2.75) is 6.61 Å². The van der Waals surface area contributed by atoms with Crippen molar-refractivity contribution in [3.63, 3.8) is 0 Å². The number of ether oxygens (including phenoxy) is 1. The van der Waals surface area contributed by atoms with E-state index in [-0.39, 0.29) is 34.6 Å². The minimum absolute atomic E-state index is 0.0406. The van der Waals surface area contributed by atoms with Crippen LogP contribution in [-0.2, 0) is 11.3 Å². The second-order valence-corrected chi connectivity index (χ2v) is 5.28. The Bertz CT molecular complexity index is 924. The van der Waals surface area contributed by atoms with E-state index in [0.717, 1.165) is 0 Å². The van der Waals surface area contributed by atoms with E-state index < -0.39 is 10.9 Å². The Labute approximate surface area is 146 Å². The van der Waals surface area contributed by atoms with Crippen molar-refractivity contribution in [3.05, 3.63) is 75.1 Å². The maximum atomic E-state index is 12.0. The van der Waals surface area contributed by atoms with E-state index in [1.807, 2.05) is 0 Å². The van der Waals surface area contributed by atoms with Crippen LogP contribution in [0, 0.1) is 10.1 Å². The van der Waals surface area contributed by atoms with Crippen molar-refractivity contribution in [2.75, 3.05) is 0 Å². The van der Waals surface area contributed by atoms with Gasteiger partial charge in [0.25, 0.3) is 11.6 Å². The molecule has 3 aromatic rings. The molecule has 0 aliphatic rings. The summed E-state index contributed by atoms with van der Waals surface area (Å²) in [5, 5.41) is 14.7. The highest BCUT2D eigenvalue weighted by molar-refractivity contribution is 6.33. The maximum Gasteiger partial charge on any atom is 0.340 e. The van der Waals surface area contributed by atoms with Crippen LogP contribution >= 0.6 is 11.6 Å². The number of nitrogens with zero attached hydrogens (tertiary/aromatic N) is 3. The molecule has 0 spiro atoms. The predicted octanol–water partition coefficient (Wildman–Crippen LogP) is 3.66. The van der Waals surface area contributed by atoms with Crippen molar-refractivity contribution in [2.24, 2.45) is 0 Å². The van der Waals surface area contributed by atoms with Crippen LogP contribution in [0.5, 0.6) is 0 Å². The Kier molecular flexibility index (Phi) is 4.71. The smallest absolute Gasteiger partial charge is 0.340 e. The third-order valence-electron chi connectivity index (χ3n) is 3.22. The molecule has 8 nitrogen and oxygen atoms in total. The van der Waals surface area contributed by atoms with Crippen LogP contribution in [0.15, 0.2) is 53.1 Å². The van der Waals surface area contributed by atoms with E-state index in [9.17, 15) is 14.9 Å². The Hall–Kier alpha value is -3.26. The van der Waals surface area contributed by atoms with Crippen molar-refractivity contribution in [1.29, 1.82) is 0 Å². The molecule has 0 bridgehead atoms. The first-order chi connectivity index (χ1) is 12.0. The van der Waals surface area contributed by atoms with E-state index >= 15 is 0 Å². The van der Waals surface area contributed by atoms with E-state index in [1.165, 1.54) is 24.3 Å². The molecule has 0 aliphatic heterocycles. The van der Waals surface area contributed by atoms with Gasteiger partial charge in [0.15, 0.2) is 6.61 Å². The summed E-state index contributed by atoms with van der Waals surface area (Å²) in [6, 6.07) is 12.2. The monoisotopic (exact) mass is 359 g/mol. The van der Waals surface area contributed by atoms with Gasteiger partial charge in [-0.1, -0.05) is 28.9 Å². The molecule has 25 heavy (non-hydrogen) atoms. The standard InChI is InChI=1S/C16H10ClN3O5/c17-13-4-2-1-3-12(13)16(21)24-9-14-18-15(19-25-14)10-5-7-11(8-6-10)20(22)23/h1-8H,9H2. The number of halogens is 1. The van der Waals surface area contributed by atoms with E-state index in [2.05, 4.69) is 10.1 Å². The van der Waals surface area contributed by atoms with Gasteiger partial charge in [-0.05, 0) is 24.3 Å². The molecule has 2 aromatic carbocycles. The fourth-order valence-electron chi connectivity index (χ4n) is 1.99. The third kappa shape index (κ3) is 3.81. The molecule has 1 heterocycles. The van der Waals surface area contributed by atoms with Gasteiger partial charge in [0.1, 0.15) is 0 Å². The molecule has 0 amide bonds. The number of nitro groups is 1. The summed E-state index contributed by atoms with van der Waals surface area (Å²) in [6.45, 7) is -0.218. The number of hydrogen-bond acceptors (Lipinski definition) is 7. The number of carbonyl (C=O) groups excluding carboxylic acids is 1. The molecule has 0 saturated carbocycles. The number of esters is 1. The molecule has 9 heteroatoms. The van der Waals surface area contributed by atoms with Crippen LogP contribution in [-0.4, -0.2) is 21.0 Å². The fraction of sp³-hybridized carbons (Fsp3) is 0.0625. The van der Waals surface area contributed by atoms with Crippen molar-refractivity contribution < 1.29 is 19.0 Å². The molecule has 0 N–H and O–H groups in total. The zero-order chi connectivity index (χ0) is 17.8. The summed E-state index contributed by atoms with van der Waals surface area (Å²) in [6.07, 6.45) is 0. The molecule has 0 saturated heterocycles. The predicted molar refractivity (Wildman–Crippen MR) is 87.0 cm³/mol. The van der Waals surface area contributed by atoms with E-state index in [0.29, 0.717) is 5.56 Å². The number of non-ortho nitro benzene ring substituents is 1. The van der Waals surface area contributed by atoms with Gasteiger partial charge < -0.3 is 9.26 Å². The Balaban J connectivity index is 1.67. The third-order valence-corrected chi connectivity index (χ3v) is 3.55. The summed E-state index contributed by atoms with van der Waals surface area (Å²) in [7, 11) is 0. The quantitative estimate of drug-likeness (QED) is 0.388. The van der Waals surface area contributed by atoms with Gasteiger partial charge in [-0.25, -0.2) is 4.79 Å². The highest BCUT2D eigenvalue weighted by atomic mass is 35.5. The average Bonchev–Trinajstić information content (AvgIpc) is 3.09. The van der Waals surface area contributed by atoms with Gasteiger partial charge in [-0.2, -0.15) is 4.98 Å². The Morgan fingerprint density at radius 1 is 1.20 bits per heavy atom. The van der Waals surface area contributed by atoms with Crippen LogP contribution < -0.4 is 0 Å². The summed E-state index contributed by atoms with van der Waals surface area (Å²) >= 11 is 5.92. The summed E-state index contributed by atoms with van der Waals surface area (Å²) in [4.78, 5) is 26.2. The lowest BCUT2D eigenvalue weighted by atomic mass is 10.2. The van der Waals surface area contributed by atoms with Gasteiger partial charge in [0.05, 0.1) is 15.5 Å². The minimum atomic E-state index is -0.610. The largest absolute Gasteiger partial charge is 0.452 e. The molecule has 0 atom stereocenters. The maximum absolute atomic E-state index is 12.0. The van der Waals surface area contributed by atoms with Crippen LogP contribution in [0.1, 0.15) is 16.2 Å². The van der Waals surface area contributed by atoms with Gasteiger partial charge in [0.2, 0.25) is 5.82 Å². The Morgan fingerprint density at radius 3 is 2.60 bits per heavy atom. The van der Waals surface area contributed by atoms with E-state index in [4.69, 9.17) is 20.9 Å². The van der Waals surface area contributed by atoms with Crippen LogP contribution in [0.2, 0.25) is 5.02 Å². The minimum Gasteiger partial charge on any atom is -0.452 e.